The van der Waals surface area contributed by atoms with Crippen LogP contribution in [0.1, 0.15) is 0 Å². The number of carbonyl (C=O) groups excluding carboxylic acids is 1. The third kappa shape index (κ3) is 4.54. The van der Waals surface area contributed by atoms with Crippen molar-refractivity contribution in [3.8, 4) is 0 Å². The number of nitrogens with zero attached hydrogens (tertiary/aromatic N) is 2. The first-order valence-electron chi connectivity index (χ1n) is 8.39. The Morgan fingerprint density at radius 1 is 1.29 bits per heavy atom. The molecule has 2 saturated heterocycles. The Morgan fingerprint density at radius 2 is 1.89 bits per heavy atom. The third-order valence-corrected chi connectivity index (χ3v) is 5.98. The van der Waals surface area contributed by atoms with Crippen molar-refractivity contribution in [2.45, 2.75) is 12.5 Å². The van der Waals surface area contributed by atoms with E-state index in [-0.39, 0.29) is 37.6 Å². The lowest BCUT2D eigenvalue weighted by Gasteiger charge is -2.29. The van der Waals surface area contributed by atoms with Gasteiger partial charge in [-0.15, -0.1) is 0 Å². The molecule has 12 heteroatoms. The minimum atomic E-state index is -2.83. The van der Waals surface area contributed by atoms with Crippen LogP contribution in [-0.4, -0.2) is 65.5 Å². The molecule has 2 aliphatic heterocycles. The van der Waals surface area contributed by atoms with Crippen molar-refractivity contribution in [3.05, 3.63) is 23.8 Å². The molecule has 6 nitrogen and oxygen atoms in total. The van der Waals surface area contributed by atoms with Crippen LogP contribution in [0.5, 0.6) is 0 Å². The summed E-state index contributed by atoms with van der Waals surface area (Å²) in [5.74, 6) is -1.05. The fourth-order valence-electron chi connectivity index (χ4n) is 3.00. The number of rotatable bonds is 5. The quantitative estimate of drug-likeness (QED) is 0.560. The zero-order chi connectivity index (χ0) is 20.4. The first kappa shape index (κ1) is 20.8. The number of alkyl halides is 2. The fourth-order valence-corrected chi connectivity index (χ4v) is 4.14. The normalized spacial score (nSPS) is 20.6. The number of halogens is 4. The predicted molar refractivity (Wildman–Crippen MR) is 101 cm³/mol. The zero-order valence-electron chi connectivity index (χ0n) is 14.5. The summed E-state index contributed by atoms with van der Waals surface area (Å²) in [6, 6.07) is 2.04. The topological polar surface area (TPSA) is 61.9 Å². The Bertz CT molecular complexity index is 778. The summed E-state index contributed by atoms with van der Waals surface area (Å²) in [4.78, 5) is 13.9. The molecule has 1 unspecified atom stereocenters. The smallest absolute Gasteiger partial charge is 0.414 e. The van der Waals surface area contributed by atoms with E-state index in [1.807, 2.05) is 0 Å². The van der Waals surface area contributed by atoms with Gasteiger partial charge in [0.2, 0.25) is 0 Å². The zero-order valence-corrected chi connectivity index (χ0v) is 16.1. The van der Waals surface area contributed by atoms with E-state index in [0.29, 0.717) is 11.5 Å². The summed E-state index contributed by atoms with van der Waals surface area (Å²) in [6.45, 7) is 0.324. The van der Waals surface area contributed by atoms with Gasteiger partial charge in [0, 0.05) is 47.5 Å². The number of ether oxygens (including phenoxy) is 1. The average molecular weight is 439 g/mol. The maximum atomic E-state index is 14.6. The van der Waals surface area contributed by atoms with E-state index < -0.39 is 46.0 Å². The van der Waals surface area contributed by atoms with Crippen molar-refractivity contribution in [2.24, 2.45) is 0 Å². The molecule has 3 rings (SSSR count). The number of hydrogen-bond acceptors (Lipinski definition) is 5. The van der Waals surface area contributed by atoms with Crippen molar-refractivity contribution < 1.29 is 31.3 Å². The Balaban J connectivity index is 1.71. The highest BCUT2D eigenvalue weighted by atomic mass is 32.2. The molecule has 28 heavy (non-hydrogen) atoms. The predicted octanol–water partition coefficient (Wildman–Crippen LogP) is 2.04. The summed E-state index contributed by atoms with van der Waals surface area (Å²) in [5.41, 5.74) is -0.267. The molecule has 2 aliphatic rings. The second-order valence-electron chi connectivity index (χ2n) is 6.26. The molecular formula is C16H17F4N3O3S2. The summed E-state index contributed by atoms with van der Waals surface area (Å²) >= 11 is 4.44. The van der Waals surface area contributed by atoms with E-state index in [1.165, 1.54) is 4.90 Å². The molecule has 0 aliphatic carbocycles. The molecule has 1 aromatic carbocycles. The van der Waals surface area contributed by atoms with Gasteiger partial charge in [-0.1, -0.05) is 12.2 Å². The SMILES string of the molecule is O=C1OC(CNC(=S)C(F)F)CN1c1cc(F)c(N2CCS(=O)CC2)c(F)c1. The van der Waals surface area contributed by atoms with Crippen LogP contribution in [0.25, 0.3) is 0 Å². The Morgan fingerprint density at radius 3 is 2.46 bits per heavy atom. The third-order valence-electron chi connectivity index (χ3n) is 4.38. The number of amides is 1. The van der Waals surface area contributed by atoms with Gasteiger partial charge in [-0.3, -0.25) is 9.11 Å². The Kier molecular flexibility index (Phi) is 6.38. The van der Waals surface area contributed by atoms with E-state index in [9.17, 15) is 26.6 Å². The van der Waals surface area contributed by atoms with Gasteiger partial charge < -0.3 is 15.0 Å². The lowest BCUT2D eigenvalue weighted by Crippen LogP contribution is -2.39. The van der Waals surface area contributed by atoms with Crippen LogP contribution >= 0.6 is 12.2 Å². The van der Waals surface area contributed by atoms with Gasteiger partial charge in [0.25, 0.3) is 6.43 Å². The summed E-state index contributed by atoms with van der Waals surface area (Å²) in [6.07, 6.45) is -4.46. The monoisotopic (exact) mass is 439 g/mol. The van der Waals surface area contributed by atoms with E-state index in [0.717, 1.165) is 17.0 Å². The maximum Gasteiger partial charge on any atom is 0.414 e. The highest BCUT2D eigenvalue weighted by Crippen LogP contribution is 2.31. The van der Waals surface area contributed by atoms with Crippen molar-refractivity contribution >= 4 is 45.5 Å². The highest BCUT2D eigenvalue weighted by molar-refractivity contribution is 7.85. The largest absolute Gasteiger partial charge is 0.442 e. The van der Waals surface area contributed by atoms with Gasteiger partial charge in [0.05, 0.1) is 18.8 Å². The molecule has 0 aromatic heterocycles. The van der Waals surface area contributed by atoms with E-state index in [2.05, 4.69) is 17.5 Å². The Labute approximate surface area is 166 Å². The molecule has 1 amide bonds. The first-order chi connectivity index (χ1) is 13.3. The second-order valence-corrected chi connectivity index (χ2v) is 8.39. The van der Waals surface area contributed by atoms with E-state index in [1.54, 1.807) is 0 Å². The second kappa shape index (κ2) is 8.60. The van der Waals surface area contributed by atoms with Crippen LogP contribution in [0, 0.1) is 11.6 Å². The molecule has 0 bridgehead atoms. The van der Waals surface area contributed by atoms with Crippen LogP contribution in [0.15, 0.2) is 12.1 Å². The van der Waals surface area contributed by atoms with Crippen LogP contribution in [0.3, 0.4) is 0 Å². The number of anilines is 2. The van der Waals surface area contributed by atoms with Gasteiger partial charge in [-0.05, 0) is 0 Å². The maximum absolute atomic E-state index is 14.6. The fraction of sp³-hybridized carbons (Fsp3) is 0.500. The molecule has 0 radical (unpaired) electrons. The standard InChI is InChI=1S/C16H17F4N3O3S2/c17-11-5-9(6-12(18)13(11)22-1-3-28(25)4-2-22)23-8-10(26-16(23)24)7-21-15(27)14(19)20/h5-6,10,14H,1-4,7-8H2,(H,21,27). The molecule has 2 heterocycles. The summed E-state index contributed by atoms with van der Waals surface area (Å²) in [7, 11) is -0.990. The highest BCUT2D eigenvalue weighted by Gasteiger charge is 2.34. The molecule has 1 atom stereocenters. The molecule has 1 N–H and O–H groups in total. The first-order valence-corrected chi connectivity index (χ1v) is 10.3. The number of thiocarbonyl (C=S) groups is 1. The van der Waals surface area contributed by atoms with Crippen LogP contribution in [0.2, 0.25) is 0 Å². The van der Waals surface area contributed by atoms with Gasteiger partial charge in [0.1, 0.15) is 16.8 Å². The van der Waals surface area contributed by atoms with E-state index >= 15 is 0 Å². The van der Waals surface area contributed by atoms with Crippen LogP contribution in [-0.2, 0) is 15.5 Å². The molecular weight excluding hydrogens is 422 g/mol. The number of hydrogen-bond donors (Lipinski definition) is 1. The number of carbonyl (C=O) groups is 1. The minimum Gasteiger partial charge on any atom is -0.442 e. The number of cyclic esters (lactones) is 1. The van der Waals surface area contributed by atoms with Gasteiger partial charge in [0.15, 0.2) is 11.6 Å². The van der Waals surface area contributed by atoms with Crippen molar-refractivity contribution in [1.82, 2.24) is 5.32 Å². The molecule has 0 saturated carbocycles. The van der Waals surface area contributed by atoms with Crippen LogP contribution < -0.4 is 15.1 Å². The molecule has 2 fully saturated rings. The average Bonchev–Trinajstić information content (AvgIpc) is 3.01. The van der Waals surface area contributed by atoms with E-state index in [4.69, 9.17) is 4.74 Å². The lowest BCUT2D eigenvalue weighted by atomic mass is 10.2. The Hall–Kier alpha value is -1.95. The lowest BCUT2D eigenvalue weighted by molar-refractivity contribution is 0.142. The molecule has 1 aromatic rings. The van der Waals surface area contributed by atoms with Gasteiger partial charge >= 0.3 is 6.09 Å². The van der Waals surface area contributed by atoms with Crippen molar-refractivity contribution in [3.63, 3.8) is 0 Å². The van der Waals surface area contributed by atoms with Gasteiger partial charge in [-0.25, -0.2) is 22.4 Å². The summed E-state index contributed by atoms with van der Waals surface area (Å²) in [5, 5.41) is 2.29. The minimum absolute atomic E-state index is 0.0386. The molecule has 154 valence electrons. The van der Waals surface area contributed by atoms with Crippen molar-refractivity contribution in [2.75, 3.05) is 47.5 Å². The van der Waals surface area contributed by atoms with Crippen LogP contribution in [0.4, 0.5) is 33.7 Å². The molecule has 0 spiro atoms. The van der Waals surface area contributed by atoms with Crippen molar-refractivity contribution in [1.29, 1.82) is 0 Å². The van der Waals surface area contributed by atoms with Gasteiger partial charge in [-0.2, -0.15) is 0 Å². The number of nitrogens with one attached hydrogen (secondary N) is 1. The number of benzene rings is 1. The summed E-state index contributed by atoms with van der Waals surface area (Å²) < 4.78 is 70.4.